The van der Waals surface area contributed by atoms with Crippen molar-refractivity contribution in [3.8, 4) is 0 Å². The first-order valence-electron chi connectivity index (χ1n) is 13.4. The molecule has 0 aromatic heterocycles. The topological polar surface area (TPSA) is 24.7 Å². The van der Waals surface area contributed by atoms with Crippen molar-refractivity contribution in [1.29, 1.82) is 0 Å². The van der Waals surface area contributed by atoms with Crippen molar-refractivity contribution >= 4 is 22.8 Å². The second-order valence-corrected chi connectivity index (χ2v) is 9.37. The third-order valence-electron chi connectivity index (χ3n) is 5.98. The van der Waals surface area contributed by atoms with Crippen molar-refractivity contribution < 1.29 is 20.4 Å². The van der Waals surface area contributed by atoms with Crippen LogP contribution in [0.25, 0.3) is 0 Å². The summed E-state index contributed by atoms with van der Waals surface area (Å²) in [6.45, 7) is 13.4. The van der Waals surface area contributed by atoms with Gasteiger partial charge in [-0.15, -0.1) is 0 Å². The maximum atomic E-state index is 5.18. The van der Waals surface area contributed by atoms with Crippen molar-refractivity contribution in [3.05, 3.63) is 58.7 Å². The molecule has 0 heterocycles. The van der Waals surface area contributed by atoms with E-state index in [1.54, 1.807) is 0 Å². The summed E-state index contributed by atoms with van der Waals surface area (Å²) < 4.78 is 0. The number of aliphatic imine (C=N–C) groups is 2. The Labute approximate surface area is 223 Å². The van der Waals surface area contributed by atoms with Gasteiger partial charge in [-0.05, 0) is 92.0 Å². The minimum Gasteiger partial charge on any atom is -0.252 e. The van der Waals surface area contributed by atoms with Crippen molar-refractivity contribution in [2.24, 2.45) is 9.98 Å². The molecular formula is C31H46N2Pd. The second-order valence-electron chi connectivity index (χ2n) is 9.37. The van der Waals surface area contributed by atoms with E-state index in [9.17, 15) is 0 Å². The van der Waals surface area contributed by atoms with Crippen LogP contribution in [0.15, 0.2) is 46.4 Å². The fraction of sp³-hybridized carbons (Fsp3) is 0.548. The Kier molecular flexibility index (Phi) is 15.2. The van der Waals surface area contributed by atoms with Crippen LogP contribution in [0.5, 0.6) is 0 Å². The number of nitrogens with zero attached hydrogens (tertiary/aromatic N) is 2. The van der Waals surface area contributed by atoms with Gasteiger partial charge < -0.3 is 0 Å². The number of hydrogen-bond donors (Lipinski definition) is 0. The number of hydrogen-bond acceptors (Lipinski definition) is 2. The van der Waals surface area contributed by atoms with Crippen LogP contribution >= 0.6 is 0 Å². The Hall–Kier alpha value is -1.56. The molecule has 0 spiro atoms. The minimum absolute atomic E-state index is 0. The van der Waals surface area contributed by atoms with Crippen LogP contribution < -0.4 is 0 Å². The molecule has 0 unspecified atom stereocenters. The molecule has 0 amide bonds. The first kappa shape index (κ1) is 30.5. The van der Waals surface area contributed by atoms with E-state index in [1.807, 2.05) is 0 Å². The van der Waals surface area contributed by atoms with Gasteiger partial charge in [0, 0.05) is 20.4 Å². The van der Waals surface area contributed by atoms with E-state index in [4.69, 9.17) is 9.98 Å². The van der Waals surface area contributed by atoms with Crippen LogP contribution in [0.4, 0.5) is 11.4 Å². The van der Waals surface area contributed by atoms with Crippen LogP contribution in [0, 0.1) is 0 Å². The predicted molar refractivity (Wildman–Crippen MR) is 148 cm³/mol. The van der Waals surface area contributed by atoms with E-state index in [-0.39, 0.29) is 20.4 Å². The molecule has 0 saturated heterocycles. The molecule has 0 N–H and O–H groups in total. The van der Waals surface area contributed by atoms with Crippen molar-refractivity contribution in [2.75, 3.05) is 0 Å². The van der Waals surface area contributed by atoms with Crippen LogP contribution in [0.3, 0.4) is 0 Å². The van der Waals surface area contributed by atoms with Crippen molar-refractivity contribution in [1.82, 2.24) is 0 Å². The molecule has 0 aliphatic heterocycles. The molecule has 34 heavy (non-hydrogen) atoms. The molecule has 0 saturated carbocycles. The number of rotatable bonds is 14. The molecule has 0 fully saturated rings. The molecule has 0 radical (unpaired) electrons. The third-order valence-corrected chi connectivity index (χ3v) is 5.98. The molecule has 0 bridgehead atoms. The summed E-state index contributed by atoms with van der Waals surface area (Å²) in [6.07, 6.45) is 12.4. The largest absolute Gasteiger partial charge is 0.252 e. The summed E-state index contributed by atoms with van der Waals surface area (Å²) >= 11 is 0. The Morgan fingerprint density at radius 3 is 1.29 bits per heavy atom. The van der Waals surface area contributed by atoms with Crippen LogP contribution in [-0.4, -0.2) is 11.4 Å². The van der Waals surface area contributed by atoms with Crippen molar-refractivity contribution in [3.63, 3.8) is 0 Å². The summed E-state index contributed by atoms with van der Waals surface area (Å²) in [7, 11) is 0. The van der Waals surface area contributed by atoms with Crippen LogP contribution in [0.1, 0.15) is 109 Å². The molecule has 0 aliphatic carbocycles. The van der Waals surface area contributed by atoms with E-state index in [2.05, 4.69) is 77.9 Å². The maximum Gasteiger partial charge on any atom is 0.0639 e. The predicted octanol–water partition coefficient (Wildman–Crippen LogP) is 9.55. The number of unbranched alkanes of at least 4 members (excludes halogenated alkanes) is 1. The Morgan fingerprint density at radius 2 is 0.941 bits per heavy atom. The zero-order chi connectivity index (χ0) is 24.1. The zero-order valence-corrected chi connectivity index (χ0v) is 24.0. The van der Waals surface area contributed by atoms with E-state index in [0.29, 0.717) is 0 Å². The molecule has 2 nitrogen and oxygen atoms in total. The third kappa shape index (κ3) is 10.4. The molecular weight excluding hydrogens is 507 g/mol. The van der Waals surface area contributed by atoms with E-state index >= 15 is 0 Å². The van der Waals surface area contributed by atoms with Gasteiger partial charge in [0.15, 0.2) is 0 Å². The quantitative estimate of drug-likeness (QED) is 0.165. The van der Waals surface area contributed by atoms with Crippen molar-refractivity contribution in [2.45, 2.75) is 112 Å². The van der Waals surface area contributed by atoms with E-state index < -0.39 is 0 Å². The zero-order valence-electron chi connectivity index (χ0n) is 22.5. The first-order valence-corrected chi connectivity index (χ1v) is 13.4. The number of benzene rings is 2. The van der Waals surface area contributed by atoms with Gasteiger partial charge in [0.2, 0.25) is 0 Å². The van der Waals surface area contributed by atoms with Gasteiger partial charge in [0.25, 0.3) is 0 Å². The second kappa shape index (κ2) is 17.0. The average molecular weight is 553 g/mol. The molecule has 2 aromatic rings. The Bertz CT molecular complexity index is 879. The number of aryl methyl sites for hydroxylation is 4. The van der Waals surface area contributed by atoms with Gasteiger partial charge >= 0.3 is 0 Å². The summed E-state index contributed by atoms with van der Waals surface area (Å²) in [5.41, 5.74) is 9.97. The van der Waals surface area contributed by atoms with Gasteiger partial charge in [-0.25, -0.2) is 0 Å². The molecule has 0 aliphatic rings. The van der Waals surface area contributed by atoms with E-state index in [1.165, 1.54) is 22.3 Å². The van der Waals surface area contributed by atoms with Crippen LogP contribution in [-0.2, 0) is 46.1 Å². The van der Waals surface area contributed by atoms with Gasteiger partial charge in [-0.3, -0.25) is 9.98 Å². The monoisotopic (exact) mass is 552 g/mol. The molecule has 2 rings (SSSR count). The fourth-order valence-electron chi connectivity index (χ4n) is 4.42. The van der Waals surface area contributed by atoms with Gasteiger partial charge in [-0.1, -0.05) is 78.9 Å². The Morgan fingerprint density at radius 1 is 0.559 bits per heavy atom. The fourth-order valence-corrected chi connectivity index (χ4v) is 4.42. The first-order chi connectivity index (χ1) is 16.0. The standard InChI is InChI=1S/C31H46N2.Pd/c1-7-12-17-31(33-30-22-27(15-10-4)19-28(23-30)16-11-5)24(6)32-29-20-25(13-8-2)18-26(21-29)14-9-3;/h18-23H,7-17H2,1-6H3;/b32-24+,33-31+;. The van der Waals surface area contributed by atoms with E-state index in [0.717, 1.165) is 93.4 Å². The summed E-state index contributed by atoms with van der Waals surface area (Å²) in [5, 5.41) is 0. The molecule has 3 heteroatoms. The normalized spacial score (nSPS) is 12.1. The molecule has 190 valence electrons. The summed E-state index contributed by atoms with van der Waals surface area (Å²) in [5.74, 6) is 0. The maximum absolute atomic E-state index is 5.18. The summed E-state index contributed by atoms with van der Waals surface area (Å²) in [6, 6.07) is 13.8. The molecule has 0 atom stereocenters. The smallest absolute Gasteiger partial charge is 0.0639 e. The van der Waals surface area contributed by atoms with Crippen LogP contribution in [0.2, 0.25) is 0 Å². The minimum atomic E-state index is 0. The van der Waals surface area contributed by atoms with Gasteiger partial charge in [-0.2, -0.15) is 0 Å². The summed E-state index contributed by atoms with van der Waals surface area (Å²) in [4.78, 5) is 10.3. The SMILES string of the molecule is CCCCC(=N\c1cc(CCC)cc(CCC)c1)/C(C)=N/c1cc(CCC)cc(CCC)c1.[Pd]. The molecule has 2 aromatic carbocycles. The van der Waals surface area contributed by atoms with Gasteiger partial charge in [0.05, 0.1) is 22.8 Å². The van der Waals surface area contributed by atoms with Gasteiger partial charge in [0.1, 0.15) is 0 Å². The Balaban J connectivity index is 0.00000578. The average Bonchev–Trinajstić information content (AvgIpc) is 2.77.